The second-order valence-corrected chi connectivity index (χ2v) is 6.51. The van der Waals surface area contributed by atoms with E-state index in [0.29, 0.717) is 6.54 Å². The van der Waals surface area contributed by atoms with Gasteiger partial charge in [-0.1, -0.05) is 44.0 Å². The normalized spacial score (nSPS) is 22.5. The van der Waals surface area contributed by atoms with Gasteiger partial charge in [-0.05, 0) is 43.4 Å². The molecule has 3 nitrogen and oxygen atoms in total. The van der Waals surface area contributed by atoms with Gasteiger partial charge in [0.1, 0.15) is 0 Å². The van der Waals surface area contributed by atoms with E-state index in [0.717, 1.165) is 32.2 Å². The number of hydrogen-bond acceptors (Lipinski definition) is 2. The molecule has 0 saturated heterocycles. The molecule has 1 aromatic carbocycles. The molecule has 1 heterocycles. The van der Waals surface area contributed by atoms with Crippen LogP contribution in [0.5, 0.6) is 0 Å². The van der Waals surface area contributed by atoms with Crippen LogP contribution in [-0.2, 0) is 11.2 Å². The van der Waals surface area contributed by atoms with Crippen LogP contribution in [0.1, 0.15) is 56.2 Å². The largest absolute Gasteiger partial charge is 0.354 e. The van der Waals surface area contributed by atoms with Crippen LogP contribution in [0.15, 0.2) is 24.3 Å². The molecule has 1 amide bonds. The van der Waals surface area contributed by atoms with Crippen molar-refractivity contribution in [1.29, 1.82) is 0 Å². The fourth-order valence-corrected chi connectivity index (χ4v) is 3.95. The summed E-state index contributed by atoms with van der Waals surface area (Å²) >= 11 is 0. The number of halogens is 1. The van der Waals surface area contributed by atoms with Crippen molar-refractivity contribution in [2.45, 2.75) is 51.5 Å². The van der Waals surface area contributed by atoms with Gasteiger partial charge in [-0.25, -0.2) is 0 Å². The number of fused-ring (bicyclic) bond motifs is 1. The van der Waals surface area contributed by atoms with Crippen LogP contribution in [0.4, 0.5) is 0 Å². The van der Waals surface area contributed by atoms with Gasteiger partial charge in [0.05, 0.1) is 0 Å². The zero-order valence-corrected chi connectivity index (χ0v) is 14.2. The Kier molecular flexibility index (Phi) is 5.87. The molecule has 1 unspecified atom stereocenters. The van der Waals surface area contributed by atoms with Crippen molar-refractivity contribution < 1.29 is 4.79 Å². The highest BCUT2D eigenvalue weighted by Crippen LogP contribution is 2.41. The van der Waals surface area contributed by atoms with Crippen molar-refractivity contribution in [3.05, 3.63) is 35.4 Å². The first-order valence-electron chi connectivity index (χ1n) is 8.35. The van der Waals surface area contributed by atoms with E-state index < -0.39 is 0 Å². The third kappa shape index (κ3) is 3.31. The smallest absolute Gasteiger partial charge is 0.226 e. The van der Waals surface area contributed by atoms with E-state index in [1.165, 1.54) is 24.0 Å². The molecule has 22 heavy (non-hydrogen) atoms. The molecule has 0 spiro atoms. The number of nitrogens with one attached hydrogen (secondary N) is 2. The van der Waals surface area contributed by atoms with Crippen LogP contribution in [-0.4, -0.2) is 19.0 Å². The maximum Gasteiger partial charge on any atom is 0.226 e. The number of carbonyl (C=O) groups is 1. The SMILES string of the molecule is CCC1(C(=O)NCC2NCCc3ccccc32)CCCC1.Cl. The first kappa shape index (κ1) is 17.3. The summed E-state index contributed by atoms with van der Waals surface area (Å²) in [7, 11) is 0. The Morgan fingerprint density at radius 1 is 1.32 bits per heavy atom. The van der Waals surface area contributed by atoms with Gasteiger partial charge < -0.3 is 10.6 Å². The molecule has 0 aromatic heterocycles. The minimum Gasteiger partial charge on any atom is -0.354 e. The van der Waals surface area contributed by atoms with Gasteiger partial charge in [0.2, 0.25) is 5.91 Å². The van der Waals surface area contributed by atoms with Gasteiger partial charge in [0.15, 0.2) is 0 Å². The Morgan fingerprint density at radius 3 is 2.77 bits per heavy atom. The summed E-state index contributed by atoms with van der Waals surface area (Å²) in [6.45, 7) is 3.85. The molecule has 3 rings (SSSR count). The first-order valence-corrected chi connectivity index (χ1v) is 8.35. The quantitative estimate of drug-likeness (QED) is 0.892. The molecule has 1 aromatic rings. The van der Waals surface area contributed by atoms with Crippen LogP contribution in [0.3, 0.4) is 0 Å². The molecular formula is C18H27ClN2O. The number of amides is 1. The van der Waals surface area contributed by atoms with E-state index in [9.17, 15) is 4.79 Å². The van der Waals surface area contributed by atoms with Crippen molar-refractivity contribution in [3.63, 3.8) is 0 Å². The average Bonchev–Trinajstić information content (AvgIpc) is 3.03. The Bertz CT molecular complexity index is 512. The van der Waals surface area contributed by atoms with E-state index in [1.54, 1.807) is 0 Å². The Balaban J connectivity index is 0.00000176. The highest BCUT2D eigenvalue weighted by molar-refractivity contribution is 5.85. The Morgan fingerprint density at radius 2 is 2.05 bits per heavy atom. The molecule has 1 aliphatic heterocycles. The molecular weight excluding hydrogens is 296 g/mol. The van der Waals surface area contributed by atoms with Crippen molar-refractivity contribution in [3.8, 4) is 0 Å². The number of rotatable bonds is 4. The predicted molar refractivity (Wildman–Crippen MR) is 92.3 cm³/mol. The number of benzene rings is 1. The topological polar surface area (TPSA) is 41.1 Å². The zero-order chi connectivity index (χ0) is 14.7. The summed E-state index contributed by atoms with van der Waals surface area (Å²) in [5, 5.41) is 6.76. The lowest BCUT2D eigenvalue weighted by Gasteiger charge is -2.30. The molecule has 122 valence electrons. The molecule has 0 bridgehead atoms. The minimum atomic E-state index is -0.0891. The third-order valence-electron chi connectivity index (χ3n) is 5.40. The van der Waals surface area contributed by atoms with Gasteiger partial charge in [-0.15, -0.1) is 12.4 Å². The average molecular weight is 323 g/mol. The maximum atomic E-state index is 12.6. The lowest BCUT2D eigenvalue weighted by atomic mass is 9.82. The van der Waals surface area contributed by atoms with Crippen LogP contribution in [0.2, 0.25) is 0 Å². The molecule has 4 heteroatoms. The van der Waals surface area contributed by atoms with Gasteiger partial charge in [0, 0.05) is 18.0 Å². The lowest BCUT2D eigenvalue weighted by molar-refractivity contribution is -0.131. The van der Waals surface area contributed by atoms with E-state index in [4.69, 9.17) is 0 Å². The van der Waals surface area contributed by atoms with Crippen molar-refractivity contribution in [2.75, 3.05) is 13.1 Å². The summed E-state index contributed by atoms with van der Waals surface area (Å²) in [6.07, 6.45) is 6.57. The highest BCUT2D eigenvalue weighted by Gasteiger charge is 2.39. The van der Waals surface area contributed by atoms with E-state index in [-0.39, 0.29) is 29.8 Å². The molecule has 1 aliphatic carbocycles. The minimum absolute atomic E-state index is 0. The van der Waals surface area contributed by atoms with Gasteiger partial charge in [0.25, 0.3) is 0 Å². The lowest BCUT2D eigenvalue weighted by Crippen LogP contribution is -2.44. The Labute approximate surface area is 139 Å². The second kappa shape index (κ2) is 7.47. The molecule has 0 radical (unpaired) electrons. The molecule has 1 fully saturated rings. The van der Waals surface area contributed by atoms with Crippen LogP contribution >= 0.6 is 12.4 Å². The van der Waals surface area contributed by atoms with Crippen molar-refractivity contribution >= 4 is 18.3 Å². The van der Waals surface area contributed by atoms with E-state index in [2.05, 4.69) is 41.8 Å². The van der Waals surface area contributed by atoms with Crippen LogP contribution in [0.25, 0.3) is 0 Å². The highest BCUT2D eigenvalue weighted by atomic mass is 35.5. The van der Waals surface area contributed by atoms with E-state index in [1.807, 2.05) is 0 Å². The monoisotopic (exact) mass is 322 g/mol. The summed E-state index contributed by atoms with van der Waals surface area (Å²) in [4.78, 5) is 12.6. The standard InChI is InChI=1S/C18H26N2O.ClH/c1-2-18(10-5-6-11-18)17(21)20-13-16-15-8-4-3-7-14(15)9-12-19-16;/h3-4,7-8,16,19H,2,5-6,9-13H2,1H3,(H,20,21);1H. The van der Waals surface area contributed by atoms with Gasteiger partial charge in [-0.2, -0.15) is 0 Å². The third-order valence-corrected chi connectivity index (χ3v) is 5.40. The number of hydrogen-bond donors (Lipinski definition) is 2. The fraction of sp³-hybridized carbons (Fsp3) is 0.611. The summed E-state index contributed by atoms with van der Waals surface area (Å²) in [6, 6.07) is 8.84. The fourth-order valence-electron chi connectivity index (χ4n) is 3.95. The molecule has 2 aliphatic rings. The predicted octanol–water partition coefficient (Wildman–Crippen LogP) is 3.38. The van der Waals surface area contributed by atoms with E-state index >= 15 is 0 Å². The summed E-state index contributed by atoms with van der Waals surface area (Å²) < 4.78 is 0. The summed E-state index contributed by atoms with van der Waals surface area (Å²) in [5.74, 6) is 0.271. The van der Waals surface area contributed by atoms with Crippen LogP contribution < -0.4 is 10.6 Å². The van der Waals surface area contributed by atoms with Crippen molar-refractivity contribution in [1.82, 2.24) is 10.6 Å². The van der Waals surface area contributed by atoms with Gasteiger partial charge in [-0.3, -0.25) is 4.79 Å². The van der Waals surface area contributed by atoms with Crippen LogP contribution in [0, 0.1) is 5.41 Å². The first-order chi connectivity index (χ1) is 10.2. The molecule has 2 N–H and O–H groups in total. The second-order valence-electron chi connectivity index (χ2n) is 6.51. The number of carbonyl (C=O) groups excluding carboxylic acids is 1. The summed E-state index contributed by atoms with van der Waals surface area (Å²) in [5.41, 5.74) is 2.68. The van der Waals surface area contributed by atoms with Crippen molar-refractivity contribution in [2.24, 2.45) is 5.41 Å². The van der Waals surface area contributed by atoms with Gasteiger partial charge >= 0.3 is 0 Å². The zero-order valence-electron chi connectivity index (χ0n) is 13.4. The molecule has 1 saturated carbocycles. The molecule has 1 atom stereocenters. The maximum absolute atomic E-state index is 12.6. The Hall–Kier alpha value is -1.06.